The average molecular weight is 529 g/mol. The Hall–Kier alpha value is -4.21. The fourth-order valence-corrected chi connectivity index (χ4v) is 6.46. The van der Waals surface area contributed by atoms with Gasteiger partial charge in [0, 0.05) is 6.54 Å². The Kier molecular flexibility index (Phi) is 5.89. The van der Waals surface area contributed by atoms with Gasteiger partial charge in [0.15, 0.2) is 11.5 Å². The third kappa shape index (κ3) is 4.19. The van der Waals surface area contributed by atoms with Crippen LogP contribution < -0.4 is 14.4 Å². The van der Waals surface area contributed by atoms with Crippen molar-refractivity contribution in [3.63, 3.8) is 0 Å². The maximum atomic E-state index is 14.1. The molecule has 2 amide bonds. The number of sulfonamides is 1. The molecule has 1 saturated heterocycles. The van der Waals surface area contributed by atoms with Crippen molar-refractivity contribution in [2.45, 2.75) is 30.8 Å². The molecule has 0 aromatic heterocycles. The lowest BCUT2D eigenvalue weighted by atomic mass is 10.1. The number of rotatable bonds is 6. The number of benzene rings is 4. The van der Waals surface area contributed by atoms with Gasteiger partial charge in [0.05, 0.1) is 17.0 Å². The van der Waals surface area contributed by atoms with Crippen LogP contribution in [0.1, 0.15) is 17.5 Å². The van der Waals surface area contributed by atoms with Gasteiger partial charge < -0.3 is 9.47 Å². The maximum Gasteiger partial charge on any atom is 0.252 e. The number of amides is 2. The summed E-state index contributed by atoms with van der Waals surface area (Å²) >= 11 is 0. The van der Waals surface area contributed by atoms with E-state index in [0.29, 0.717) is 22.7 Å². The molecule has 2 heterocycles. The van der Waals surface area contributed by atoms with Crippen molar-refractivity contribution >= 4 is 38.3 Å². The van der Waals surface area contributed by atoms with E-state index in [1.54, 1.807) is 54.6 Å². The van der Waals surface area contributed by atoms with Gasteiger partial charge in [0.25, 0.3) is 5.91 Å². The van der Waals surface area contributed by atoms with E-state index < -0.39 is 27.9 Å². The van der Waals surface area contributed by atoms with Gasteiger partial charge in [-0.1, -0.05) is 54.1 Å². The van der Waals surface area contributed by atoms with Crippen LogP contribution in [0.15, 0.2) is 89.8 Å². The minimum Gasteiger partial charge on any atom is -0.454 e. The highest BCUT2D eigenvalue weighted by Gasteiger charge is 2.47. The number of hydrogen-bond donors (Lipinski definition) is 0. The Morgan fingerprint density at radius 1 is 0.868 bits per heavy atom. The molecular formula is C29H24N2O6S. The zero-order valence-corrected chi connectivity index (χ0v) is 21.4. The zero-order valence-electron chi connectivity index (χ0n) is 20.5. The monoisotopic (exact) mass is 528 g/mol. The highest BCUT2D eigenvalue weighted by atomic mass is 32.2. The van der Waals surface area contributed by atoms with E-state index in [4.69, 9.17) is 9.47 Å². The zero-order chi connectivity index (χ0) is 26.4. The summed E-state index contributed by atoms with van der Waals surface area (Å²) in [5, 5.41) is 1.65. The van der Waals surface area contributed by atoms with Crippen LogP contribution in [-0.4, -0.2) is 37.4 Å². The van der Waals surface area contributed by atoms with E-state index in [1.807, 2.05) is 31.2 Å². The normalized spacial score (nSPS) is 17.1. The van der Waals surface area contributed by atoms with Crippen LogP contribution in [0.2, 0.25) is 0 Å². The Labute approximate surface area is 220 Å². The van der Waals surface area contributed by atoms with E-state index in [0.717, 1.165) is 25.5 Å². The molecule has 9 heteroatoms. The number of imide groups is 1. The summed E-state index contributed by atoms with van der Waals surface area (Å²) in [6.45, 7) is 1.86. The molecule has 1 atom stereocenters. The summed E-state index contributed by atoms with van der Waals surface area (Å²) in [5.41, 5.74) is 2.00. The molecule has 2 aliphatic rings. The molecule has 0 radical (unpaired) electrons. The summed E-state index contributed by atoms with van der Waals surface area (Å²) in [7, 11) is -4.20. The quantitative estimate of drug-likeness (QED) is 0.345. The van der Waals surface area contributed by atoms with Crippen LogP contribution in [0.5, 0.6) is 11.5 Å². The number of ether oxygens (including phenoxy) is 2. The first-order chi connectivity index (χ1) is 18.3. The fourth-order valence-electron chi connectivity index (χ4n) is 4.85. The first-order valence-corrected chi connectivity index (χ1v) is 13.6. The Morgan fingerprint density at radius 3 is 2.39 bits per heavy atom. The molecule has 192 valence electrons. The first-order valence-electron chi connectivity index (χ1n) is 12.1. The van der Waals surface area contributed by atoms with Crippen LogP contribution in [0.25, 0.3) is 10.8 Å². The van der Waals surface area contributed by atoms with Crippen molar-refractivity contribution < 1.29 is 27.5 Å². The molecule has 1 fully saturated rings. The summed E-state index contributed by atoms with van der Waals surface area (Å²) in [6.07, 6.45) is -0.260. The van der Waals surface area contributed by atoms with Crippen molar-refractivity contribution in [1.29, 1.82) is 0 Å². The van der Waals surface area contributed by atoms with E-state index in [9.17, 15) is 18.0 Å². The number of fused-ring (bicyclic) bond motifs is 2. The minimum absolute atomic E-state index is 0.0472. The molecule has 0 spiro atoms. The highest BCUT2D eigenvalue weighted by Crippen LogP contribution is 2.35. The van der Waals surface area contributed by atoms with Gasteiger partial charge in [-0.2, -0.15) is 4.31 Å². The number of nitrogens with zero attached hydrogens (tertiary/aromatic N) is 2. The SMILES string of the molecule is Cc1ccc(N2C(=O)CC(N(Cc3ccc4c(c3)OCO4)S(=O)(=O)c3ccc4ccccc4c3)C2=O)cc1. The van der Waals surface area contributed by atoms with E-state index >= 15 is 0 Å². The van der Waals surface area contributed by atoms with Crippen molar-refractivity contribution in [2.24, 2.45) is 0 Å². The molecule has 0 N–H and O–H groups in total. The minimum atomic E-state index is -4.20. The van der Waals surface area contributed by atoms with Crippen LogP contribution in [-0.2, 0) is 26.2 Å². The number of carbonyl (C=O) groups excluding carboxylic acids is 2. The van der Waals surface area contributed by atoms with Gasteiger partial charge >= 0.3 is 0 Å². The fraction of sp³-hybridized carbons (Fsp3) is 0.172. The molecule has 38 heavy (non-hydrogen) atoms. The van der Waals surface area contributed by atoms with E-state index in [-0.39, 0.29) is 24.7 Å². The molecule has 0 bridgehead atoms. The third-order valence-electron chi connectivity index (χ3n) is 6.87. The molecule has 6 rings (SSSR count). The summed E-state index contributed by atoms with van der Waals surface area (Å²) in [5.74, 6) is 0.0354. The van der Waals surface area contributed by atoms with Crippen LogP contribution in [0, 0.1) is 6.92 Å². The first kappa shape index (κ1) is 24.1. The summed E-state index contributed by atoms with van der Waals surface area (Å²) in [6, 6.07) is 23.2. The van der Waals surface area contributed by atoms with Gasteiger partial charge in [-0.3, -0.25) is 9.59 Å². The Morgan fingerprint density at radius 2 is 1.61 bits per heavy atom. The van der Waals surface area contributed by atoms with Gasteiger partial charge in [0.1, 0.15) is 6.04 Å². The molecule has 4 aromatic carbocycles. The van der Waals surface area contributed by atoms with Crippen molar-refractivity contribution in [3.05, 3.63) is 96.1 Å². The number of aryl methyl sites for hydroxylation is 1. The maximum absolute atomic E-state index is 14.1. The lowest BCUT2D eigenvalue weighted by Gasteiger charge is -2.27. The van der Waals surface area contributed by atoms with Crippen LogP contribution in [0.3, 0.4) is 0 Å². The summed E-state index contributed by atoms with van der Waals surface area (Å²) in [4.78, 5) is 27.9. The number of anilines is 1. The molecule has 0 saturated carbocycles. The van der Waals surface area contributed by atoms with E-state index in [1.165, 1.54) is 6.07 Å². The summed E-state index contributed by atoms with van der Waals surface area (Å²) < 4.78 is 40.2. The second-order valence-corrected chi connectivity index (χ2v) is 11.3. The smallest absolute Gasteiger partial charge is 0.252 e. The largest absolute Gasteiger partial charge is 0.454 e. The highest BCUT2D eigenvalue weighted by molar-refractivity contribution is 7.89. The molecule has 2 aliphatic heterocycles. The lowest BCUT2D eigenvalue weighted by molar-refractivity contribution is -0.122. The van der Waals surface area contributed by atoms with Gasteiger partial charge in [0.2, 0.25) is 22.7 Å². The van der Waals surface area contributed by atoms with Gasteiger partial charge in [-0.25, -0.2) is 13.3 Å². The van der Waals surface area contributed by atoms with Crippen molar-refractivity contribution in [3.8, 4) is 11.5 Å². The average Bonchev–Trinajstić information content (AvgIpc) is 3.50. The van der Waals surface area contributed by atoms with Crippen LogP contribution >= 0.6 is 0 Å². The van der Waals surface area contributed by atoms with Gasteiger partial charge in [-0.05, 0) is 59.7 Å². The van der Waals surface area contributed by atoms with Gasteiger partial charge in [-0.15, -0.1) is 0 Å². The standard InChI is InChI=1S/C29H24N2O6S/c1-19-6-10-23(11-7-19)31-28(32)16-25(29(31)33)30(17-20-8-13-26-27(14-20)37-18-36-26)38(34,35)24-12-9-21-4-2-3-5-22(21)15-24/h2-15,25H,16-18H2,1H3. The second-order valence-electron chi connectivity index (χ2n) is 9.37. The number of carbonyl (C=O) groups is 2. The van der Waals surface area contributed by atoms with Crippen LogP contribution in [0.4, 0.5) is 5.69 Å². The van der Waals surface area contributed by atoms with E-state index in [2.05, 4.69) is 0 Å². The molecule has 0 aliphatic carbocycles. The molecule has 8 nitrogen and oxygen atoms in total. The Bertz CT molecular complexity index is 1680. The lowest BCUT2D eigenvalue weighted by Crippen LogP contribution is -2.45. The topological polar surface area (TPSA) is 93.2 Å². The predicted molar refractivity (Wildman–Crippen MR) is 141 cm³/mol. The molecule has 4 aromatic rings. The predicted octanol–water partition coefficient (Wildman–Crippen LogP) is 4.40. The number of hydrogen-bond acceptors (Lipinski definition) is 6. The third-order valence-corrected chi connectivity index (χ3v) is 8.72. The Balaban J connectivity index is 1.42. The van der Waals surface area contributed by atoms with Crippen molar-refractivity contribution in [2.75, 3.05) is 11.7 Å². The van der Waals surface area contributed by atoms with Crippen molar-refractivity contribution in [1.82, 2.24) is 4.31 Å². The second kappa shape index (κ2) is 9.27. The molecule has 1 unspecified atom stereocenters. The molecular weight excluding hydrogens is 504 g/mol.